The minimum Gasteiger partial charge on any atom is -0.308 e. The van der Waals surface area contributed by atoms with Crippen LogP contribution in [0.1, 0.15) is 49.9 Å². The lowest BCUT2D eigenvalue weighted by atomic mass is 10.2. The lowest BCUT2D eigenvalue weighted by Crippen LogP contribution is -2.37. The Kier molecular flexibility index (Phi) is 10.6. The summed E-state index contributed by atoms with van der Waals surface area (Å²) in [4.78, 5) is 22.1. The maximum absolute atomic E-state index is 13.7. The Labute approximate surface area is 236 Å². The van der Waals surface area contributed by atoms with E-state index in [-0.39, 0.29) is 15.7 Å². The largest absolute Gasteiger partial charge is 0.308 e. The summed E-state index contributed by atoms with van der Waals surface area (Å²) < 4.78 is 52.9. The third-order valence-corrected chi connectivity index (χ3v) is 10.3. The predicted molar refractivity (Wildman–Crippen MR) is 158 cm³/mol. The third-order valence-electron chi connectivity index (χ3n) is 6.28. The zero-order valence-electron chi connectivity index (χ0n) is 23.3. The first-order valence-electron chi connectivity index (χ1n) is 13.1. The number of thiazole rings is 1. The van der Waals surface area contributed by atoms with Gasteiger partial charge in [-0.3, -0.25) is 9.69 Å². The zero-order chi connectivity index (χ0) is 28.8. The monoisotopic (exact) mass is 594 g/mol. The van der Waals surface area contributed by atoms with Crippen molar-refractivity contribution in [3.05, 3.63) is 48.0 Å². The van der Waals surface area contributed by atoms with Gasteiger partial charge in [0.2, 0.25) is 10.0 Å². The SMILES string of the molecule is CCCCN(CCCC)S(=O)(=O)c1ccc(C(=O)N(CCN(C)C)c2nc3ccc(S(C)(=O)=O)cc3s2)cc1. The van der Waals surface area contributed by atoms with Gasteiger partial charge in [-0.15, -0.1) is 0 Å². The van der Waals surface area contributed by atoms with Gasteiger partial charge in [0.25, 0.3) is 5.91 Å². The Morgan fingerprint density at radius 3 is 1.97 bits per heavy atom. The average molecular weight is 595 g/mol. The first-order chi connectivity index (χ1) is 18.4. The average Bonchev–Trinajstić information content (AvgIpc) is 3.31. The molecule has 0 atom stereocenters. The highest BCUT2D eigenvalue weighted by atomic mass is 32.2. The van der Waals surface area contributed by atoms with Gasteiger partial charge in [0.05, 0.1) is 20.0 Å². The van der Waals surface area contributed by atoms with Gasteiger partial charge < -0.3 is 4.90 Å². The van der Waals surface area contributed by atoms with Gasteiger partial charge in [-0.2, -0.15) is 4.31 Å². The van der Waals surface area contributed by atoms with Crippen LogP contribution in [0.25, 0.3) is 10.2 Å². The van der Waals surface area contributed by atoms with Crippen molar-refractivity contribution in [2.24, 2.45) is 0 Å². The van der Waals surface area contributed by atoms with E-state index in [1.165, 1.54) is 33.8 Å². The second-order valence-corrected chi connectivity index (χ2v) is 14.8. The number of nitrogens with zero attached hydrogens (tertiary/aromatic N) is 4. The molecule has 0 saturated carbocycles. The van der Waals surface area contributed by atoms with Crippen molar-refractivity contribution in [3.63, 3.8) is 0 Å². The van der Waals surface area contributed by atoms with Crippen LogP contribution in [0, 0.1) is 0 Å². The number of carbonyl (C=O) groups is 1. The van der Waals surface area contributed by atoms with Crippen molar-refractivity contribution in [3.8, 4) is 0 Å². The number of rotatable bonds is 14. The first kappa shape index (κ1) is 31.2. The number of carbonyl (C=O) groups excluding carboxylic acids is 1. The van der Waals surface area contributed by atoms with Crippen LogP contribution in [0.5, 0.6) is 0 Å². The molecule has 214 valence electrons. The van der Waals surface area contributed by atoms with Crippen LogP contribution < -0.4 is 4.90 Å². The van der Waals surface area contributed by atoms with Gasteiger partial charge in [0, 0.05) is 38.0 Å². The molecule has 1 heterocycles. The summed E-state index contributed by atoms with van der Waals surface area (Å²) in [6.07, 6.45) is 4.52. The molecule has 0 fully saturated rings. The molecule has 3 aromatic rings. The number of fused-ring (bicyclic) bond motifs is 1. The Hall–Kier alpha value is -2.38. The standard InChI is InChI=1S/C27H38N4O5S3/c1-6-8-16-30(17-9-7-2)39(35,36)22-12-10-21(11-13-22)26(32)31(19-18-29(3)4)27-28-24-15-14-23(38(5,33)34)20-25(24)37-27/h10-15,20H,6-9,16-19H2,1-5H3. The minimum absolute atomic E-state index is 0.166. The van der Waals surface area contributed by atoms with Gasteiger partial charge >= 0.3 is 0 Å². The highest BCUT2D eigenvalue weighted by Crippen LogP contribution is 2.31. The highest BCUT2D eigenvalue weighted by Gasteiger charge is 2.26. The molecule has 1 aromatic heterocycles. The van der Waals surface area contributed by atoms with Crippen molar-refractivity contribution >= 4 is 52.5 Å². The van der Waals surface area contributed by atoms with Crippen LogP contribution in [0.3, 0.4) is 0 Å². The van der Waals surface area contributed by atoms with E-state index in [0.717, 1.165) is 31.9 Å². The molecule has 12 heteroatoms. The fourth-order valence-electron chi connectivity index (χ4n) is 3.92. The lowest BCUT2D eigenvalue weighted by Gasteiger charge is -2.23. The predicted octanol–water partition coefficient (Wildman–Crippen LogP) is 4.50. The van der Waals surface area contributed by atoms with Gasteiger partial charge in [-0.1, -0.05) is 38.0 Å². The van der Waals surface area contributed by atoms with Crippen LogP contribution in [-0.4, -0.2) is 83.5 Å². The Morgan fingerprint density at radius 2 is 1.44 bits per heavy atom. The van der Waals surface area contributed by atoms with E-state index in [9.17, 15) is 21.6 Å². The van der Waals surface area contributed by atoms with Crippen molar-refractivity contribution < 1.29 is 21.6 Å². The second kappa shape index (κ2) is 13.3. The number of hydrogen-bond acceptors (Lipinski definition) is 8. The fourth-order valence-corrected chi connectivity index (χ4v) is 7.19. The number of amides is 1. The molecular weight excluding hydrogens is 557 g/mol. The van der Waals surface area contributed by atoms with E-state index >= 15 is 0 Å². The summed E-state index contributed by atoms with van der Waals surface area (Å²) in [5, 5.41) is 0.449. The number of benzene rings is 2. The van der Waals surface area contributed by atoms with E-state index in [2.05, 4.69) is 4.98 Å². The number of likely N-dealkylation sites (N-methyl/N-ethyl adjacent to an activating group) is 1. The quantitative estimate of drug-likeness (QED) is 0.270. The smallest absolute Gasteiger partial charge is 0.260 e. The van der Waals surface area contributed by atoms with Crippen LogP contribution in [0.4, 0.5) is 5.13 Å². The van der Waals surface area contributed by atoms with E-state index in [0.29, 0.717) is 47.1 Å². The van der Waals surface area contributed by atoms with Crippen molar-refractivity contribution in [2.45, 2.75) is 49.3 Å². The molecule has 2 aromatic carbocycles. The molecule has 0 radical (unpaired) electrons. The molecule has 0 bridgehead atoms. The maximum Gasteiger partial charge on any atom is 0.260 e. The van der Waals surface area contributed by atoms with Crippen LogP contribution >= 0.6 is 11.3 Å². The zero-order valence-corrected chi connectivity index (χ0v) is 25.7. The molecule has 0 unspecified atom stereocenters. The third kappa shape index (κ3) is 7.85. The summed E-state index contributed by atoms with van der Waals surface area (Å²) in [7, 11) is -3.24. The van der Waals surface area contributed by atoms with E-state index < -0.39 is 19.9 Å². The molecule has 0 aliphatic heterocycles. The normalized spacial score (nSPS) is 12.5. The molecule has 0 aliphatic rings. The van der Waals surface area contributed by atoms with Crippen LogP contribution in [0.2, 0.25) is 0 Å². The summed E-state index contributed by atoms with van der Waals surface area (Å²) in [6.45, 7) is 5.93. The maximum atomic E-state index is 13.7. The molecule has 0 saturated heterocycles. The number of sulfonamides is 1. The van der Waals surface area contributed by atoms with Gasteiger partial charge in [0.1, 0.15) is 0 Å². The number of hydrogen-bond donors (Lipinski definition) is 0. The van der Waals surface area contributed by atoms with Gasteiger partial charge in [0.15, 0.2) is 15.0 Å². The summed E-state index contributed by atoms with van der Waals surface area (Å²) in [6, 6.07) is 10.8. The minimum atomic E-state index is -3.67. The molecule has 0 N–H and O–H groups in total. The Balaban J connectivity index is 1.93. The number of anilines is 1. The molecule has 9 nitrogen and oxygen atoms in total. The highest BCUT2D eigenvalue weighted by molar-refractivity contribution is 7.90. The Morgan fingerprint density at radius 1 is 0.846 bits per heavy atom. The molecule has 39 heavy (non-hydrogen) atoms. The molecule has 3 rings (SSSR count). The van der Waals surface area contributed by atoms with E-state index in [1.54, 1.807) is 29.2 Å². The van der Waals surface area contributed by atoms with Crippen LogP contribution in [0.15, 0.2) is 52.3 Å². The topological polar surface area (TPSA) is 108 Å². The van der Waals surface area contributed by atoms with E-state index in [4.69, 9.17) is 0 Å². The molecule has 0 aliphatic carbocycles. The summed E-state index contributed by atoms with van der Waals surface area (Å²) in [5.74, 6) is -0.308. The number of sulfone groups is 1. The summed E-state index contributed by atoms with van der Waals surface area (Å²) in [5.41, 5.74) is 0.947. The van der Waals surface area contributed by atoms with Gasteiger partial charge in [-0.25, -0.2) is 21.8 Å². The lowest BCUT2D eigenvalue weighted by molar-refractivity contribution is 0.0985. The summed E-state index contributed by atoms with van der Waals surface area (Å²) >= 11 is 1.25. The molecule has 1 amide bonds. The number of aromatic nitrogens is 1. The fraction of sp³-hybridized carbons (Fsp3) is 0.481. The second-order valence-electron chi connectivity index (χ2n) is 9.79. The molecule has 0 spiro atoms. The van der Waals surface area contributed by atoms with E-state index in [1.807, 2.05) is 32.8 Å². The van der Waals surface area contributed by atoms with Crippen molar-refractivity contribution in [2.75, 3.05) is 51.4 Å². The van der Waals surface area contributed by atoms with Crippen molar-refractivity contribution in [1.82, 2.24) is 14.2 Å². The van der Waals surface area contributed by atoms with Crippen LogP contribution in [-0.2, 0) is 19.9 Å². The first-order valence-corrected chi connectivity index (χ1v) is 17.2. The molecular formula is C27H38N4O5S3. The van der Waals surface area contributed by atoms with Gasteiger partial charge in [-0.05, 0) is 69.4 Å². The number of unbranched alkanes of at least 4 members (excludes halogenated alkanes) is 2. The van der Waals surface area contributed by atoms with Crippen molar-refractivity contribution in [1.29, 1.82) is 0 Å². The Bertz CT molecular complexity index is 1480.